The molecule has 0 spiro atoms. The highest BCUT2D eigenvalue weighted by Gasteiger charge is 2.22. The number of rotatable bonds is 4. The maximum absolute atomic E-state index is 13.2. The Balaban J connectivity index is 1.20. The van der Waals surface area contributed by atoms with Gasteiger partial charge in [-0.1, -0.05) is 30.3 Å². The summed E-state index contributed by atoms with van der Waals surface area (Å²) in [6, 6.07) is 25.4. The highest BCUT2D eigenvalue weighted by Crippen LogP contribution is 2.18. The van der Waals surface area contributed by atoms with Crippen LogP contribution in [0, 0.1) is 0 Å². The van der Waals surface area contributed by atoms with Crippen LogP contribution in [0.1, 0.15) is 15.9 Å². The van der Waals surface area contributed by atoms with Gasteiger partial charge in [-0.15, -0.1) is 0 Å². The molecule has 35 heavy (non-hydrogen) atoms. The molecule has 1 aliphatic heterocycles. The number of aromatic nitrogens is 3. The first kappa shape index (κ1) is 21.2. The minimum Gasteiger partial charge on any atom is -0.368 e. The van der Waals surface area contributed by atoms with E-state index in [1.807, 2.05) is 82.2 Å². The van der Waals surface area contributed by atoms with Crippen LogP contribution in [-0.2, 0) is 6.54 Å². The van der Waals surface area contributed by atoms with E-state index in [1.165, 1.54) is 5.69 Å². The first-order chi connectivity index (χ1) is 17.2. The summed E-state index contributed by atoms with van der Waals surface area (Å²) < 4.78 is 3.57. The van der Waals surface area contributed by atoms with E-state index in [2.05, 4.69) is 22.0 Å². The van der Waals surface area contributed by atoms with Crippen molar-refractivity contribution in [3.05, 3.63) is 113 Å². The predicted octanol–water partition coefficient (Wildman–Crippen LogP) is 3.66. The fourth-order valence-corrected chi connectivity index (χ4v) is 4.86. The van der Waals surface area contributed by atoms with Crippen LogP contribution >= 0.6 is 0 Å². The Labute approximate surface area is 202 Å². The van der Waals surface area contributed by atoms with Crippen molar-refractivity contribution in [1.29, 1.82) is 0 Å². The maximum atomic E-state index is 13.2. The second kappa shape index (κ2) is 8.76. The number of benzene rings is 2. The highest BCUT2D eigenvalue weighted by atomic mass is 16.2. The monoisotopic (exact) mass is 463 g/mol. The first-order valence-corrected chi connectivity index (χ1v) is 11.8. The third-order valence-electron chi connectivity index (χ3n) is 6.72. The second-order valence-corrected chi connectivity index (χ2v) is 8.81. The van der Waals surface area contributed by atoms with Crippen molar-refractivity contribution in [1.82, 2.24) is 18.9 Å². The van der Waals surface area contributed by atoms with Gasteiger partial charge >= 0.3 is 0 Å². The zero-order valence-corrected chi connectivity index (χ0v) is 19.2. The number of nitrogens with zero attached hydrogens (tertiary/aromatic N) is 5. The Hall–Kier alpha value is -4.39. The van der Waals surface area contributed by atoms with E-state index in [9.17, 15) is 9.59 Å². The summed E-state index contributed by atoms with van der Waals surface area (Å²) in [6.45, 7) is 3.41. The summed E-state index contributed by atoms with van der Waals surface area (Å²) >= 11 is 0. The van der Waals surface area contributed by atoms with E-state index in [4.69, 9.17) is 0 Å². The lowest BCUT2D eigenvalue weighted by Crippen LogP contribution is -2.48. The van der Waals surface area contributed by atoms with Crippen molar-refractivity contribution in [2.45, 2.75) is 6.54 Å². The SMILES string of the molecule is O=C(c1ccc(Cn2c(=O)c3cccn3c3cccnc32)cc1)N1CCN(c2ccccc2)CC1. The molecule has 7 nitrogen and oxygen atoms in total. The van der Waals surface area contributed by atoms with Gasteiger partial charge in [-0.25, -0.2) is 4.98 Å². The van der Waals surface area contributed by atoms with Gasteiger partial charge in [0.25, 0.3) is 11.5 Å². The molecule has 7 heteroatoms. The van der Waals surface area contributed by atoms with Gasteiger partial charge in [0.05, 0.1) is 12.1 Å². The number of pyridine rings is 1. The van der Waals surface area contributed by atoms with E-state index >= 15 is 0 Å². The number of para-hydroxylation sites is 1. The zero-order chi connectivity index (χ0) is 23.8. The third-order valence-corrected chi connectivity index (χ3v) is 6.72. The Morgan fingerprint density at radius 2 is 1.54 bits per heavy atom. The van der Waals surface area contributed by atoms with Gasteiger partial charge in [0.2, 0.25) is 0 Å². The molecule has 0 N–H and O–H groups in total. The van der Waals surface area contributed by atoms with E-state index in [0.717, 1.165) is 24.2 Å². The van der Waals surface area contributed by atoms with Gasteiger partial charge < -0.3 is 14.2 Å². The predicted molar refractivity (Wildman–Crippen MR) is 137 cm³/mol. The van der Waals surface area contributed by atoms with Crippen LogP contribution < -0.4 is 10.5 Å². The lowest BCUT2D eigenvalue weighted by molar-refractivity contribution is 0.0747. The molecule has 1 amide bonds. The Morgan fingerprint density at radius 1 is 0.800 bits per heavy atom. The van der Waals surface area contributed by atoms with Gasteiger partial charge in [0.15, 0.2) is 5.65 Å². The molecular formula is C28H25N5O2. The van der Waals surface area contributed by atoms with E-state index < -0.39 is 0 Å². The van der Waals surface area contributed by atoms with Crippen LogP contribution in [0.4, 0.5) is 5.69 Å². The van der Waals surface area contributed by atoms with Crippen molar-refractivity contribution in [3.63, 3.8) is 0 Å². The van der Waals surface area contributed by atoms with Crippen molar-refractivity contribution in [3.8, 4) is 0 Å². The highest BCUT2D eigenvalue weighted by molar-refractivity contribution is 5.94. The number of fused-ring (bicyclic) bond motifs is 3. The van der Waals surface area contributed by atoms with E-state index in [1.54, 1.807) is 10.8 Å². The lowest BCUT2D eigenvalue weighted by atomic mass is 10.1. The fraction of sp³-hybridized carbons (Fsp3) is 0.179. The number of piperazine rings is 1. The van der Waals surface area contributed by atoms with Crippen LogP contribution in [0.3, 0.4) is 0 Å². The summed E-state index contributed by atoms with van der Waals surface area (Å²) in [6.07, 6.45) is 3.58. The van der Waals surface area contributed by atoms with Crippen LogP contribution in [0.5, 0.6) is 0 Å². The minimum absolute atomic E-state index is 0.0446. The Kier molecular flexibility index (Phi) is 5.29. The average molecular weight is 464 g/mol. The quantitative estimate of drug-likeness (QED) is 0.408. The van der Waals surface area contributed by atoms with Crippen LogP contribution in [0.2, 0.25) is 0 Å². The van der Waals surface area contributed by atoms with Gasteiger partial charge in [0.1, 0.15) is 5.52 Å². The largest absolute Gasteiger partial charge is 0.368 e. The molecule has 0 aliphatic carbocycles. The second-order valence-electron chi connectivity index (χ2n) is 8.81. The van der Waals surface area contributed by atoms with Crippen LogP contribution in [0.25, 0.3) is 16.7 Å². The average Bonchev–Trinajstić information content (AvgIpc) is 3.42. The van der Waals surface area contributed by atoms with Crippen molar-refractivity contribution < 1.29 is 4.79 Å². The molecule has 0 radical (unpaired) electrons. The first-order valence-electron chi connectivity index (χ1n) is 11.8. The molecular weight excluding hydrogens is 438 g/mol. The summed E-state index contributed by atoms with van der Waals surface area (Å²) in [7, 11) is 0. The molecule has 6 rings (SSSR count). The fourth-order valence-electron chi connectivity index (χ4n) is 4.86. The standard InChI is InChI=1S/C28H25N5O2/c34-27(31-18-16-30(17-19-31)23-6-2-1-3-7-23)22-12-10-21(11-13-22)20-33-26-24(8-4-14-29-26)32-15-5-9-25(32)28(33)35/h1-15H,16-20H2. The molecule has 2 aromatic carbocycles. The third kappa shape index (κ3) is 3.85. The molecule has 1 fully saturated rings. The smallest absolute Gasteiger partial charge is 0.276 e. The number of carbonyl (C=O) groups is 1. The molecule has 0 saturated carbocycles. The molecule has 4 heterocycles. The minimum atomic E-state index is -0.0855. The van der Waals surface area contributed by atoms with Gasteiger partial charge in [0, 0.05) is 49.8 Å². The van der Waals surface area contributed by atoms with Gasteiger partial charge in [-0.3, -0.25) is 14.2 Å². The Morgan fingerprint density at radius 3 is 2.31 bits per heavy atom. The summed E-state index contributed by atoms with van der Waals surface area (Å²) in [4.78, 5) is 35.0. The summed E-state index contributed by atoms with van der Waals surface area (Å²) in [5.41, 5.74) is 4.86. The molecule has 5 aromatic rings. The number of hydrogen-bond donors (Lipinski definition) is 0. The summed E-state index contributed by atoms with van der Waals surface area (Å²) in [5.74, 6) is 0.0446. The van der Waals surface area contributed by atoms with Gasteiger partial charge in [-0.05, 0) is 54.1 Å². The van der Waals surface area contributed by atoms with Crippen molar-refractivity contribution in [2.24, 2.45) is 0 Å². The van der Waals surface area contributed by atoms with Crippen LogP contribution in [-0.4, -0.2) is 50.9 Å². The normalized spacial score (nSPS) is 14.1. The molecule has 174 valence electrons. The molecule has 0 unspecified atom stereocenters. The molecule has 0 bridgehead atoms. The van der Waals surface area contributed by atoms with Crippen LogP contribution in [0.15, 0.2) is 96.1 Å². The number of amides is 1. The molecule has 3 aromatic heterocycles. The maximum Gasteiger partial charge on any atom is 0.276 e. The van der Waals surface area contributed by atoms with Crippen molar-refractivity contribution in [2.75, 3.05) is 31.1 Å². The lowest BCUT2D eigenvalue weighted by Gasteiger charge is -2.36. The van der Waals surface area contributed by atoms with E-state index in [0.29, 0.717) is 36.4 Å². The van der Waals surface area contributed by atoms with Crippen molar-refractivity contribution >= 4 is 28.3 Å². The number of anilines is 1. The zero-order valence-electron chi connectivity index (χ0n) is 19.2. The topological polar surface area (TPSA) is 62.9 Å². The molecule has 1 aliphatic rings. The Bertz CT molecular complexity index is 1560. The summed E-state index contributed by atoms with van der Waals surface area (Å²) in [5, 5.41) is 0. The number of carbonyl (C=O) groups excluding carboxylic acids is 1. The van der Waals surface area contributed by atoms with E-state index in [-0.39, 0.29) is 11.5 Å². The van der Waals surface area contributed by atoms with Gasteiger partial charge in [-0.2, -0.15) is 0 Å². The number of hydrogen-bond acceptors (Lipinski definition) is 4. The molecule has 0 atom stereocenters. The molecule has 1 saturated heterocycles.